The summed E-state index contributed by atoms with van der Waals surface area (Å²) in [6.45, 7) is 0. The fourth-order valence-corrected chi connectivity index (χ4v) is 3.00. The summed E-state index contributed by atoms with van der Waals surface area (Å²) in [7, 11) is 0. The highest BCUT2D eigenvalue weighted by molar-refractivity contribution is 6.31. The molecule has 120 valence electrons. The molecule has 1 saturated carbocycles. The Morgan fingerprint density at radius 2 is 2.09 bits per heavy atom. The Morgan fingerprint density at radius 1 is 1.30 bits per heavy atom. The third-order valence-electron chi connectivity index (χ3n) is 4.12. The topological polar surface area (TPSA) is 71.7 Å². The fourth-order valence-electron chi connectivity index (χ4n) is 2.83. The van der Waals surface area contributed by atoms with E-state index in [1.165, 1.54) is 18.9 Å². The SMILES string of the molecule is O=C(N/N=C\c1coc2ccc(Cl)cc2c1=O)C1CCCCC1. The van der Waals surface area contributed by atoms with Gasteiger partial charge < -0.3 is 4.42 Å². The maximum absolute atomic E-state index is 12.3. The quantitative estimate of drug-likeness (QED) is 0.691. The fraction of sp³-hybridized carbons (Fsp3) is 0.353. The summed E-state index contributed by atoms with van der Waals surface area (Å²) in [6, 6.07) is 4.86. The van der Waals surface area contributed by atoms with Crippen LogP contribution in [0.2, 0.25) is 5.02 Å². The van der Waals surface area contributed by atoms with Crippen LogP contribution in [0.3, 0.4) is 0 Å². The van der Waals surface area contributed by atoms with E-state index in [0.717, 1.165) is 25.7 Å². The number of hydrazone groups is 1. The molecule has 0 saturated heterocycles. The van der Waals surface area contributed by atoms with E-state index in [1.807, 2.05) is 0 Å². The molecule has 1 N–H and O–H groups in total. The van der Waals surface area contributed by atoms with Crippen LogP contribution in [0.4, 0.5) is 0 Å². The molecule has 23 heavy (non-hydrogen) atoms. The molecule has 1 aliphatic carbocycles. The lowest BCUT2D eigenvalue weighted by molar-refractivity contribution is -0.125. The summed E-state index contributed by atoms with van der Waals surface area (Å²) < 4.78 is 5.39. The molecular weight excluding hydrogens is 316 g/mol. The van der Waals surface area contributed by atoms with E-state index in [4.69, 9.17) is 16.0 Å². The zero-order valence-electron chi connectivity index (χ0n) is 12.5. The summed E-state index contributed by atoms with van der Waals surface area (Å²) >= 11 is 5.90. The third kappa shape index (κ3) is 3.62. The Kier molecular flexibility index (Phi) is 4.76. The lowest BCUT2D eigenvalue weighted by Gasteiger charge is -2.19. The van der Waals surface area contributed by atoms with Crippen molar-refractivity contribution in [1.29, 1.82) is 0 Å². The van der Waals surface area contributed by atoms with Gasteiger partial charge in [0.05, 0.1) is 17.2 Å². The van der Waals surface area contributed by atoms with Gasteiger partial charge in [0, 0.05) is 10.9 Å². The van der Waals surface area contributed by atoms with Gasteiger partial charge in [0.15, 0.2) is 0 Å². The van der Waals surface area contributed by atoms with Crippen molar-refractivity contribution in [3.8, 4) is 0 Å². The van der Waals surface area contributed by atoms with Gasteiger partial charge in [0.25, 0.3) is 0 Å². The molecule has 5 nitrogen and oxygen atoms in total. The second-order valence-electron chi connectivity index (χ2n) is 5.73. The summed E-state index contributed by atoms with van der Waals surface area (Å²) in [4.78, 5) is 24.3. The summed E-state index contributed by atoms with van der Waals surface area (Å²) in [5.41, 5.74) is 3.01. The van der Waals surface area contributed by atoms with Crippen LogP contribution >= 0.6 is 11.6 Å². The first-order valence-electron chi connectivity index (χ1n) is 7.69. The zero-order chi connectivity index (χ0) is 16.2. The van der Waals surface area contributed by atoms with E-state index >= 15 is 0 Å². The van der Waals surface area contributed by atoms with Crippen molar-refractivity contribution in [1.82, 2.24) is 5.43 Å². The smallest absolute Gasteiger partial charge is 0.243 e. The van der Waals surface area contributed by atoms with Crippen molar-refractivity contribution in [3.05, 3.63) is 45.3 Å². The second kappa shape index (κ2) is 6.96. The van der Waals surface area contributed by atoms with Gasteiger partial charge in [-0.3, -0.25) is 9.59 Å². The van der Waals surface area contributed by atoms with Gasteiger partial charge in [-0.1, -0.05) is 30.9 Å². The first kappa shape index (κ1) is 15.7. The number of hydrogen-bond acceptors (Lipinski definition) is 4. The van der Waals surface area contributed by atoms with Crippen LogP contribution in [-0.4, -0.2) is 12.1 Å². The van der Waals surface area contributed by atoms with Crippen LogP contribution in [0.15, 0.2) is 38.8 Å². The summed E-state index contributed by atoms with van der Waals surface area (Å²) in [6.07, 6.45) is 7.79. The van der Waals surface area contributed by atoms with Gasteiger partial charge in [0.2, 0.25) is 11.3 Å². The molecule has 0 radical (unpaired) electrons. The molecule has 0 aliphatic heterocycles. The summed E-state index contributed by atoms with van der Waals surface area (Å²) in [5, 5.41) is 4.74. The van der Waals surface area contributed by atoms with E-state index in [-0.39, 0.29) is 22.8 Å². The molecule has 1 aliphatic rings. The molecule has 2 aromatic rings. The molecule has 1 amide bonds. The van der Waals surface area contributed by atoms with Crippen molar-refractivity contribution >= 4 is 34.7 Å². The molecule has 3 rings (SSSR count). The number of carbonyl (C=O) groups is 1. The molecular formula is C17H17ClN2O3. The van der Waals surface area contributed by atoms with Gasteiger partial charge in [0.1, 0.15) is 11.8 Å². The van der Waals surface area contributed by atoms with E-state index in [9.17, 15) is 9.59 Å². The Hall–Kier alpha value is -2.14. The molecule has 1 fully saturated rings. The lowest BCUT2D eigenvalue weighted by Crippen LogP contribution is -2.28. The van der Waals surface area contributed by atoms with Crippen LogP contribution in [0.25, 0.3) is 11.0 Å². The normalized spacial score (nSPS) is 16.0. The number of benzene rings is 1. The Bertz CT molecular complexity index is 807. The minimum Gasteiger partial charge on any atom is -0.463 e. The van der Waals surface area contributed by atoms with E-state index in [1.54, 1.807) is 18.2 Å². The highest BCUT2D eigenvalue weighted by atomic mass is 35.5. The molecule has 1 aromatic heterocycles. The number of nitrogens with zero attached hydrogens (tertiary/aromatic N) is 1. The number of amides is 1. The lowest BCUT2D eigenvalue weighted by atomic mass is 9.89. The number of carbonyl (C=O) groups excluding carboxylic acids is 1. The standard InChI is InChI=1S/C17H17ClN2O3/c18-13-6-7-15-14(8-13)16(21)12(10-23-15)9-19-20-17(22)11-4-2-1-3-5-11/h6-11H,1-5H2,(H,20,22)/b19-9-. The minimum absolute atomic E-state index is 0.0210. The predicted molar refractivity (Wildman–Crippen MR) is 89.8 cm³/mol. The van der Waals surface area contributed by atoms with Gasteiger partial charge in [-0.15, -0.1) is 0 Å². The number of fused-ring (bicyclic) bond motifs is 1. The monoisotopic (exact) mass is 332 g/mol. The van der Waals surface area contributed by atoms with Gasteiger partial charge >= 0.3 is 0 Å². The van der Waals surface area contributed by atoms with Gasteiger partial charge in [-0.05, 0) is 31.0 Å². The molecule has 1 heterocycles. The van der Waals surface area contributed by atoms with Crippen molar-refractivity contribution in [3.63, 3.8) is 0 Å². The number of nitrogens with one attached hydrogen (secondary N) is 1. The van der Waals surface area contributed by atoms with Gasteiger partial charge in [-0.25, -0.2) is 5.43 Å². The molecule has 1 aromatic carbocycles. The van der Waals surface area contributed by atoms with Crippen LogP contribution in [-0.2, 0) is 4.79 Å². The van der Waals surface area contributed by atoms with Crippen LogP contribution in [0.1, 0.15) is 37.7 Å². The van der Waals surface area contributed by atoms with Crippen molar-refractivity contribution in [2.24, 2.45) is 11.0 Å². The van der Waals surface area contributed by atoms with Gasteiger partial charge in [-0.2, -0.15) is 5.10 Å². The van der Waals surface area contributed by atoms with E-state index in [0.29, 0.717) is 16.0 Å². The average Bonchev–Trinajstić information content (AvgIpc) is 2.58. The Labute approximate surface area is 138 Å². The molecule has 0 bridgehead atoms. The average molecular weight is 333 g/mol. The summed E-state index contributed by atoms with van der Waals surface area (Å²) in [5.74, 6) is -0.0677. The Morgan fingerprint density at radius 3 is 2.87 bits per heavy atom. The Balaban J connectivity index is 1.74. The first-order valence-corrected chi connectivity index (χ1v) is 8.07. The largest absolute Gasteiger partial charge is 0.463 e. The second-order valence-corrected chi connectivity index (χ2v) is 6.17. The van der Waals surface area contributed by atoms with Crippen LogP contribution in [0.5, 0.6) is 0 Å². The van der Waals surface area contributed by atoms with E-state index < -0.39 is 0 Å². The predicted octanol–water partition coefficient (Wildman–Crippen LogP) is 3.48. The van der Waals surface area contributed by atoms with Crippen molar-refractivity contribution in [2.75, 3.05) is 0 Å². The highest BCUT2D eigenvalue weighted by Gasteiger charge is 2.20. The number of hydrogen-bond donors (Lipinski definition) is 1. The van der Waals surface area contributed by atoms with E-state index in [2.05, 4.69) is 10.5 Å². The van der Waals surface area contributed by atoms with Crippen molar-refractivity contribution in [2.45, 2.75) is 32.1 Å². The molecule has 6 heteroatoms. The zero-order valence-corrected chi connectivity index (χ0v) is 13.3. The number of halogens is 1. The molecule has 0 atom stereocenters. The van der Waals surface area contributed by atoms with Crippen LogP contribution < -0.4 is 10.9 Å². The maximum atomic E-state index is 12.3. The molecule has 0 unspecified atom stereocenters. The third-order valence-corrected chi connectivity index (χ3v) is 4.35. The first-order chi connectivity index (χ1) is 11.1. The van der Waals surface area contributed by atoms with Crippen LogP contribution in [0, 0.1) is 5.92 Å². The van der Waals surface area contributed by atoms with Crippen molar-refractivity contribution < 1.29 is 9.21 Å². The molecule has 0 spiro atoms. The number of rotatable bonds is 3. The highest BCUT2D eigenvalue weighted by Crippen LogP contribution is 2.23. The maximum Gasteiger partial charge on any atom is 0.243 e. The minimum atomic E-state index is -0.232.